The van der Waals surface area contributed by atoms with Crippen LogP contribution in [0.15, 0.2) is 53.5 Å². The minimum absolute atomic E-state index is 0. The first-order valence-electron chi connectivity index (χ1n) is 11.1. The lowest BCUT2D eigenvalue weighted by atomic mass is 10.2. The molecule has 0 unspecified atom stereocenters. The molecule has 1 amide bonds. The van der Waals surface area contributed by atoms with Crippen LogP contribution in [-0.4, -0.2) is 54.7 Å². The molecule has 8 nitrogen and oxygen atoms in total. The highest BCUT2D eigenvalue weighted by atomic mass is 127. The number of hydrogen-bond donors (Lipinski definition) is 2. The van der Waals surface area contributed by atoms with Crippen LogP contribution >= 0.6 is 24.0 Å². The smallest absolute Gasteiger partial charge is 0.265 e. The average Bonchev–Trinajstić information content (AvgIpc) is 3.14. The van der Waals surface area contributed by atoms with Gasteiger partial charge in [-0.3, -0.25) is 9.79 Å². The topological polar surface area (TPSA) is 83.8 Å². The number of anilines is 1. The number of nitrogens with zero attached hydrogens (tertiary/aromatic N) is 4. The number of para-hydroxylation sites is 4. The molecule has 0 spiro atoms. The van der Waals surface area contributed by atoms with E-state index in [0.717, 1.165) is 61.2 Å². The summed E-state index contributed by atoms with van der Waals surface area (Å²) >= 11 is 0. The molecule has 3 aromatic rings. The van der Waals surface area contributed by atoms with Gasteiger partial charge in [0, 0.05) is 33.2 Å². The van der Waals surface area contributed by atoms with Crippen LogP contribution < -0.4 is 20.3 Å². The maximum atomic E-state index is 12.3. The van der Waals surface area contributed by atoms with E-state index in [1.807, 2.05) is 49.4 Å². The van der Waals surface area contributed by atoms with Crippen molar-refractivity contribution in [3.05, 3.63) is 54.4 Å². The van der Waals surface area contributed by atoms with Crippen LogP contribution in [0.5, 0.6) is 5.75 Å². The Bertz CT molecular complexity index is 1110. The van der Waals surface area contributed by atoms with Gasteiger partial charge in [-0.2, -0.15) is 0 Å². The van der Waals surface area contributed by atoms with Crippen molar-refractivity contribution in [2.24, 2.45) is 4.99 Å². The highest BCUT2D eigenvalue weighted by Gasteiger charge is 2.24. The normalized spacial score (nSPS) is 13.3. The second-order valence-electron chi connectivity index (χ2n) is 7.73. The van der Waals surface area contributed by atoms with Crippen LogP contribution in [-0.2, 0) is 11.3 Å². The first kappa shape index (κ1) is 24.8. The number of carbonyl (C=O) groups excluding carboxylic acids is 1. The number of aromatic nitrogens is 2. The van der Waals surface area contributed by atoms with E-state index in [4.69, 9.17) is 4.74 Å². The van der Waals surface area contributed by atoms with Gasteiger partial charge in [0.1, 0.15) is 11.6 Å². The Hall–Kier alpha value is -2.82. The number of ether oxygens (including phenoxy) is 1. The van der Waals surface area contributed by atoms with Gasteiger partial charge in [0.2, 0.25) is 0 Å². The number of carbonyl (C=O) groups is 1. The van der Waals surface area contributed by atoms with Crippen molar-refractivity contribution >= 4 is 52.6 Å². The second-order valence-corrected chi connectivity index (χ2v) is 7.73. The first-order valence-corrected chi connectivity index (χ1v) is 11.1. The molecular formula is C24H31IN6O2. The number of guanidine groups is 1. The Labute approximate surface area is 211 Å². The number of aliphatic imine (C=N–C) groups is 1. The van der Waals surface area contributed by atoms with Gasteiger partial charge in [-0.15, -0.1) is 24.0 Å². The molecule has 1 aromatic heterocycles. The second kappa shape index (κ2) is 11.9. The number of rotatable bonds is 8. The van der Waals surface area contributed by atoms with Gasteiger partial charge in [-0.25, -0.2) is 4.98 Å². The standard InChI is InChI=1S/C24H30N6O2.HI/c1-18-28-19-9-3-4-10-20(19)29(18)15-7-13-26-24(25-2)27-14-8-16-30-21-11-5-6-12-22(21)32-17-23(30)31;/h3-6,9-12H,7-8,13-17H2,1-2H3,(H2,25,26,27);1H. The molecule has 1 aliphatic rings. The molecule has 1 aliphatic heterocycles. The largest absolute Gasteiger partial charge is 0.482 e. The minimum Gasteiger partial charge on any atom is -0.482 e. The molecule has 33 heavy (non-hydrogen) atoms. The number of hydrogen-bond acceptors (Lipinski definition) is 4. The van der Waals surface area contributed by atoms with Gasteiger partial charge in [-0.1, -0.05) is 24.3 Å². The summed E-state index contributed by atoms with van der Waals surface area (Å²) in [6.07, 6.45) is 1.77. The third kappa shape index (κ3) is 5.95. The predicted octanol–water partition coefficient (Wildman–Crippen LogP) is 3.33. The molecule has 4 rings (SSSR count). The van der Waals surface area contributed by atoms with Crippen LogP contribution in [0.3, 0.4) is 0 Å². The molecule has 0 bridgehead atoms. The van der Waals surface area contributed by atoms with Crippen molar-refractivity contribution in [2.75, 3.05) is 38.2 Å². The molecule has 176 valence electrons. The number of nitrogens with one attached hydrogen (secondary N) is 2. The maximum absolute atomic E-state index is 12.3. The Morgan fingerprint density at radius 1 is 1.06 bits per heavy atom. The molecule has 0 radical (unpaired) electrons. The van der Waals surface area contributed by atoms with Crippen molar-refractivity contribution in [1.29, 1.82) is 0 Å². The third-order valence-electron chi connectivity index (χ3n) is 5.58. The van der Waals surface area contributed by atoms with E-state index in [-0.39, 0.29) is 36.5 Å². The van der Waals surface area contributed by atoms with Crippen molar-refractivity contribution in [3.63, 3.8) is 0 Å². The van der Waals surface area contributed by atoms with Crippen LogP contribution in [0, 0.1) is 6.92 Å². The van der Waals surface area contributed by atoms with Gasteiger partial charge in [0.05, 0.1) is 16.7 Å². The first-order chi connectivity index (χ1) is 15.7. The maximum Gasteiger partial charge on any atom is 0.265 e. The average molecular weight is 562 g/mol. The van der Waals surface area contributed by atoms with Gasteiger partial charge in [-0.05, 0) is 44.0 Å². The number of aryl methyl sites for hydroxylation is 2. The highest BCUT2D eigenvalue weighted by molar-refractivity contribution is 14.0. The quantitative estimate of drug-likeness (QED) is 0.191. The van der Waals surface area contributed by atoms with Gasteiger partial charge >= 0.3 is 0 Å². The summed E-state index contributed by atoms with van der Waals surface area (Å²) in [5.41, 5.74) is 3.05. The molecule has 0 saturated carbocycles. The molecule has 0 aliphatic carbocycles. The molecule has 0 saturated heterocycles. The summed E-state index contributed by atoms with van der Waals surface area (Å²) in [6, 6.07) is 15.9. The molecule has 2 N–H and O–H groups in total. The summed E-state index contributed by atoms with van der Waals surface area (Å²) < 4.78 is 7.75. The van der Waals surface area contributed by atoms with Gasteiger partial charge < -0.3 is 24.8 Å². The van der Waals surface area contributed by atoms with Crippen LogP contribution in [0.4, 0.5) is 5.69 Å². The van der Waals surface area contributed by atoms with Crippen LogP contribution in [0.1, 0.15) is 18.7 Å². The Morgan fingerprint density at radius 2 is 1.76 bits per heavy atom. The van der Waals surface area contributed by atoms with Crippen molar-refractivity contribution in [3.8, 4) is 5.75 Å². The lowest BCUT2D eigenvalue weighted by molar-refractivity contribution is -0.121. The van der Waals surface area contributed by atoms with E-state index >= 15 is 0 Å². The molecule has 2 aromatic carbocycles. The van der Waals surface area contributed by atoms with E-state index in [1.165, 1.54) is 5.52 Å². The number of amides is 1. The molecular weight excluding hydrogens is 531 g/mol. The van der Waals surface area contributed by atoms with E-state index in [0.29, 0.717) is 6.54 Å². The summed E-state index contributed by atoms with van der Waals surface area (Å²) in [7, 11) is 1.77. The minimum atomic E-state index is -0.00599. The van der Waals surface area contributed by atoms with Crippen LogP contribution in [0.25, 0.3) is 11.0 Å². The Balaban J connectivity index is 0.00000306. The third-order valence-corrected chi connectivity index (χ3v) is 5.58. The lowest BCUT2D eigenvalue weighted by Crippen LogP contribution is -2.42. The number of imidazole rings is 1. The monoisotopic (exact) mass is 562 g/mol. The number of halogens is 1. The molecule has 9 heteroatoms. The van der Waals surface area contributed by atoms with E-state index < -0.39 is 0 Å². The van der Waals surface area contributed by atoms with Gasteiger partial charge in [0.25, 0.3) is 5.91 Å². The number of benzene rings is 2. The Morgan fingerprint density at radius 3 is 2.55 bits per heavy atom. The van der Waals surface area contributed by atoms with E-state index in [9.17, 15) is 4.79 Å². The summed E-state index contributed by atoms with van der Waals surface area (Å²) in [5, 5.41) is 6.70. The fourth-order valence-corrected chi connectivity index (χ4v) is 3.99. The predicted molar refractivity (Wildman–Crippen MR) is 143 cm³/mol. The van der Waals surface area contributed by atoms with Crippen molar-refractivity contribution < 1.29 is 9.53 Å². The lowest BCUT2D eigenvalue weighted by Gasteiger charge is -2.29. The zero-order valence-electron chi connectivity index (χ0n) is 19.1. The fourth-order valence-electron chi connectivity index (χ4n) is 3.99. The van der Waals surface area contributed by atoms with Crippen molar-refractivity contribution in [2.45, 2.75) is 26.3 Å². The molecule has 0 atom stereocenters. The van der Waals surface area contributed by atoms with Crippen molar-refractivity contribution in [1.82, 2.24) is 20.2 Å². The molecule has 0 fully saturated rings. The summed E-state index contributed by atoms with van der Waals surface area (Å²) in [5.74, 6) is 2.56. The van der Waals surface area contributed by atoms with Crippen LogP contribution in [0.2, 0.25) is 0 Å². The number of fused-ring (bicyclic) bond motifs is 2. The van der Waals surface area contributed by atoms with E-state index in [2.05, 4.69) is 31.2 Å². The van der Waals surface area contributed by atoms with Gasteiger partial charge in [0.15, 0.2) is 12.6 Å². The highest BCUT2D eigenvalue weighted by Crippen LogP contribution is 2.31. The zero-order valence-corrected chi connectivity index (χ0v) is 21.4. The summed E-state index contributed by atoms with van der Waals surface area (Å²) in [6.45, 7) is 5.20. The fraction of sp³-hybridized carbons (Fsp3) is 0.375. The zero-order chi connectivity index (χ0) is 22.3. The van der Waals surface area contributed by atoms with E-state index in [1.54, 1.807) is 11.9 Å². The SMILES string of the molecule is CN=C(NCCCN1C(=O)COc2ccccc21)NCCCn1c(C)nc2ccccc21.I. The Kier molecular flexibility index (Phi) is 8.93. The summed E-state index contributed by atoms with van der Waals surface area (Å²) in [4.78, 5) is 23.0. The molecule has 2 heterocycles.